The third kappa shape index (κ3) is 2.47. The molecular weight excluding hydrogens is 248 g/mol. The summed E-state index contributed by atoms with van der Waals surface area (Å²) in [6.45, 7) is 6.12. The van der Waals surface area contributed by atoms with E-state index in [1.54, 1.807) is 18.5 Å². The van der Waals surface area contributed by atoms with E-state index in [-0.39, 0.29) is 5.69 Å². The average molecular weight is 264 g/mol. The van der Waals surface area contributed by atoms with Gasteiger partial charge >= 0.3 is 5.97 Å². The summed E-state index contributed by atoms with van der Waals surface area (Å²) in [6.07, 6.45) is 0. The zero-order valence-electron chi connectivity index (χ0n) is 11.4. The van der Waals surface area contributed by atoms with E-state index in [0.717, 1.165) is 11.6 Å². The van der Waals surface area contributed by atoms with Crippen LogP contribution in [0.1, 0.15) is 34.8 Å². The molecule has 0 N–H and O–H groups in total. The summed E-state index contributed by atoms with van der Waals surface area (Å²) >= 11 is 0. The van der Waals surface area contributed by atoms with Crippen molar-refractivity contribution in [3.8, 4) is 0 Å². The highest BCUT2D eigenvalue weighted by molar-refractivity contribution is 5.88. The number of carbonyl (C=O) groups is 1. The van der Waals surface area contributed by atoms with Gasteiger partial charge in [-0.15, -0.1) is 15.3 Å². The fraction of sp³-hybridized carbons (Fsp3) is 0.545. The summed E-state index contributed by atoms with van der Waals surface area (Å²) in [5.41, 5.74) is 0.889. The van der Waals surface area contributed by atoms with Crippen molar-refractivity contribution in [3.05, 3.63) is 23.0 Å². The Hall–Kier alpha value is -2.25. The molecule has 0 spiro atoms. The number of aryl methyl sites for hydroxylation is 1. The summed E-state index contributed by atoms with van der Waals surface area (Å²) in [5.74, 6) is 1.11. The van der Waals surface area contributed by atoms with Crippen LogP contribution in [0.3, 0.4) is 0 Å². The van der Waals surface area contributed by atoms with Gasteiger partial charge in [0, 0.05) is 7.05 Å². The van der Waals surface area contributed by atoms with Gasteiger partial charge in [-0.25, -0.2) is 9.48 Å². The molecule has 8 heteroatoms. The number of hydrogen-bond acceptors (Lipinski definition) is 6. The number of ether oxygens (including phenoxy) is 1. The van der Waals surface area contributed by atoms with Gasteiger partial charge in [0.1, 0.15) is 12.4 Å². The first-order valence-corrected chi connectivity index (χ1v) is 5.96. The highest BCUT2D eigenvalue weighted by atomic mass is 16.5. The van der Waals surface area contributed by atoms with Crippen molar-refractivity contribution < 1.29 is 9.53 Å². The predicted molar refractivity (Wildman–Crippen MR) is 65.6 cm³/mol. The van der Waals surface area contributed by atoms with E-state index in [2.05, 4.69) is 20.5 Å². The van der Waals surface area contributed by atoms with Gasteiger partial charge in [0.05, 0.1) is 12.3 Å². The van der Waals surface area contributed by atoms with Gasteiger partial charge in [-0.3, -0.25) is 0 Å². The van der Waals surface area contributed by atoms with Crippen LogP contribution in [0, 0.1) is 13.8 Å². The smallest absolute Gasteiger partial charge is 0.360 e. The van der Waals surface area contributed by atoms with E-state index < -0.39 is 5.97 Å². The Balaban J connectivity index is 2.23. The fourth-order valence-corrected chi connectivity index (χ4v) is 1.62. The highest BCUT2D eigenvalue weighted by Gasteiger charge is 2.18. The largest absolute Gasteiger partial charge is 0.461 e. The van der Waals surface area contributed by atoms with Crippen LogP contribution in [0.2, 0.25) is 0 Å². The molecule has 19 heavy (non-hydrogen) atoms. The molecule has 2 aromatic rings. The lowest BCUT2D eigenvalue weighted by Crippen LogP contribution is -2.11. The fourth-order valence-electron chi connectivity index (χ4n) is 1.62. The summed E-state index contributed by atoms with van der Waals surface area (Å²) in [6, 6.07) is 0. The van der Waals surface area contributed by atoms with Crippen LogP contribution in [-0.4, -0.2) is 42.3 Å². The molecule has 0 amide bonds. The molecule has 0 aromatic carbocycles. The maximum absolute atomic E-state index is 11.6. The van der Waals surface area contributed by atoms with Crippen LogP contribution in [0.15, 0.2) is 0 Å². The van der Waals surface area contributed by atoms with Crippen molar-refractivity contribution in [1.82, 2.24) is 29.8 Å². The SMILES string of the molecule is CCOC(=O)c1nnn(Cc2nnc(C)n2C)c1C. The molecule has 102 valence electrons. The van der Waals surface area contributed by atoms with E-state index in [0.29, 0.717) is 18.8 Å². The Morgan fingerprint density at radius 2 is 2.00 bits per heavy atom. The average Bonchev–Trinajstić information content (AvgIpc) is 2.88. The standard InChI is InChI=1S/C11H16N6O2/c1-5-19-11(18)10-7(2)17(15-14-10)6-9-13-12-8(3)16(9)4/h5-6H2,1-4H3. The Kier molecular flexibility index (Phi) is 3.59. The van der Waals surface area contributed by atoms with Gasteiger partial charge in [0.15, 0.2) is 11.5 Å². The lowest BCUT2D eigenvalue weighted by Gasteiger charge is -2.04. The topological polar surface area (TPSA) is 87.7 Å². The van der Waals surface area contributed by atoms with Crippen molar-refractivity contribution in [2.75, 3.05) is 6.61 Å². The number of hydrogen-bond donors (Lipinski definition) is 0. The van der Waals surface area contributed by atoms with Gasteiger partial charge in [0.2, 0.25) is 0 Å². The van der Waals surface area contributed by atoms with Crippen molar-refractivity contribution in [1.29, 1.82) is 0 Å². The molecule has 0 bridgehead atoms. The summed E-state index contributed by atoms with van der Waals surface area (Å²) in [5, 5.41) is 15.8. The number of carbonyl (C=O) groups excluding carboxylic acids is 1. The molecule has 0 radical (unpaired) electrons. The van der Waals surface area contributed by atoms with Crippen LogP contribution in [-0.2, 0) is 18.3 Å². The van der Waals surface area contributed by atoms with Crippen molar-refractivity contribution in [2.24, 2.45) is 7.05 Å². The van der Waals surface area contributed by atoms with E-state index >= 15 is 0 Å². The van der Waals surface area contributed by atoms with Crippen LogP contribution in [0.4, 0.5) is 0 Å². The number of aromatic nitrogens is 6. The third-order valence-electron chi connectivity index (χ3n) is 2.93. The van der Waals surface area contributed by atoms with Crippen LogP contribution in [0.5, 0.6) is 0 Å². The van der Waals surface area contributed by atoms with E-state index in [1.165, 1.54) is 0 Å². The normalized spacial score (nSPS) is 10.7. The first-order valence-electron chi connectivity index (χ1n) is 5.96. The molecule has 0 aliphatic carbocycles. The van der Waals surface area contributed by atoms with E-state index in [1.807, 2.05) is 18.5 Å². The van der Waals surface area contributed by atoms with Gasteiger partial charge in [-0.05, 0) is 20.8 Å². The minimum absolute atomic E-state index is 0.237. The lowest BCUT2D eigenvalue weighted by atomic mass is 10.3. The van der Waals surface area contributed by atoms with E-state index in [9.17, 15) is 4.79 Å². The second kappa shape index (κ2) is 5.17. The molecule has 0 saturated carbocycles. The summed E-state index contributed by atoms with van der Waals surface area (Å²) < 4.78 is 8.39. The highest BCUT2D eigenvalue weighted by Crippen LogP contribution is 2.08. The lowest BCUT2D eigenvalue weighted by molar-refractivity contribution is 0.0518. The molecule has 2 heterocycles. The predicted octanol–water partition coefficient (Wildman–Crippen LogP) is 0.248. The Labute approximate surface area is 110 Å². The first-order chi connectivity index (χ1) is 9.04. The molecule has 0 aliphatic heterocycles. The minimum Gasteiger partial charge on any atom is -0.461 e. The van der Waals surface area contributed by atoms with Crippen molar-refractivity contribution in [2.45, 2.75) is 27.3 Å². The molecule has 2 aromatic heterocycles. The Bertz CT molecular complexity index is 600. The maximum Gasteiger partial charge on any atom is 0.360 e. The zero-order chi connectivity index (χ0) is 14.0. The quantitative estimate of drug-likeness (QED) is 0.735. The molecule has 0 saturated heterocycles. The van der Waals surface area contributed by atoms with E-state index in [4.69, 9.17) is 4.74 Å². The molecule has 0 aliphatic rings. The number of rotatable bonds is 4. The molecular formula is C11H16N6O2. The van der Waals surface area contributed by atoms with Crippen molar-refractivity contribution >= 4 is 5.97 Å². The second-order valence-electron chi connectivity index (χ2n) is 4.12. The van der Waals surface area contributed by atoms with Crippen LogP contribution >= 0.6 is 0 Å². The van der Waals surface area contributed by atoms with Gasteiger partial charge in [-0.1, -0.05) is 5.21 Å². The summed E-state index contributed by atoms with van der Waals surface area (Å²) in [4.78, 5) is 11.6. The number of nitrogens with zero attached hydrogens (tertiary/aromatic N) is 6. The zero-order valence-corrected chi connectivity index (χ0v) is 11.4. The summed E-state index contributed by atoms with van der Waals surface area (Å²) in [7, 11) is 1.88. The van der Waals surface area contributed by atoms with Gasteiger partial charge < -0.3 is 9.30 Å². The van der Waals surface area contributed by atoms with Crippen molar-refractivity contribution in [3.63, 3.8) is 0 Å². The second-order valence-corrected chi connectivity index (χ2v) is 4.12. The molecule has 0 unspecified atom stereocenters. The monoisotopic (exact) mass is 264 g/mol. The molecule has 0 fully saturated rings. The molecule has 2 rings (SSSR count). The van der Waals surface area contributed by atoms with Crippen LogP contribution < -0.4 is 0 Å². The Morgan fingerprint density at radius 3 is 2.58 bits per heavy atom. The maximum atomic E-state index is 11.6. The number of esters is 1. The Morgan fingerprint density at radius 1 is 1.26 bits per heavy atom. The minimum atomic E-state index is -0.458. The third-order valence-corrected chi connectivity index (χ3v) is 2.93. The van der Waals surface area contributed by atoms with Gasteiger partial charge in [-0.2, -0.15) is 0 Å². The molecule has 8 nitrogen and oxygen atoms in total. The molecule has 0 atom stereocenters. The first kappa shape index (κ1) is 13.2. The van der Waals surface area contributed by atoms with Gasteiger partial charge in [0.25, 0.3) is 0 Å². The van der Waals surface area contributed by atoms with Crippen LogP contribution in [0.25, 0.3) is 0 Å².